The molecule has 1 amide bonds. The van der Waals surface area contributed by atoms with Crippen molar-refractivity contribution in [1.82, 2.24) is 9.97 Å². The summed E-state index contributed by atoms with van der Waals surface area (Å²) < 4.78 is 1.00. The quantitative estimate of drug-likeness (QED) is 0.417. The molecule has 2 aromatic heterocycles. The lowest BCUT2D eigenvalue weighted by molar-refractivity contribution is -0.384. The van der Waals surface area contributed by atoms with Crippen LogP contribution in [0.3, 0.4) is 0 Å². The van der Waals surface area contributed by atoms with Crippen molar-refractivity contribution in [2.75, 3.05) is 5.32 Å². The second-order valence-electron chi connectivity index (χ2n) is 5.65. The van der Waals surface area contributed by atoms with E-state index < -0.39 is 10.8 Å². The summed E-state index contributed by atoms with van der Waals surface area (Å²) in [5.41, 5.74) is 1.91. The van der Waals surface area contributed by atoms with Crippen LogP contribution in [-0.2, 0) is 0 Å². The molecule has 0 saturated heterocycles. The van der Waals surface area contributed by atoms with E-state index in [4.69, 9.17) is 0 Å². The summed E-state index contributed by atoms with van der Waals surface area (Å²) in [6.45, 7) is 0. The highest BCUT2D eigenvalue weighted by molar-refractivity contribution is 7.21. The van der Waals surface area contributed by atoms with Gasteiger partial charge in [-0.25, -0.2) is 4.98 Å². The third kappa shape index (κ3) is 3.38. The minimum atomic E-state index is -0.508. The first-order chi connectivity index (χ1) is 13.1. The summed E-state index contributed by atoms with van der Waals surface area (Å²) >= 11 is 1.45. The number of rotatable bonds is 4. The van der Waals surface area contributed by atoms with Gasteiger partial charge < -0.3 is 5.32 Å². The third-order valence-corrected chi connectivity index (χ3v) is 4.91. The number of nitro benzene ring substituents is 1. The molecular formula is C19H12N4O3S. The van der Waals surface area contributed by atoms with E-state index in [9.17, 15) is 14.9 Å². The smallest absolute Gasteiger partial charge is 0.271 e. The molecule has 27 heavy (non-hydrogen) atoms. The number of anilines is 1. The number of non-ortho nitro benzene ring substituents is 1. The average Bonchev–Trinajstić information content (AvgIpc) is 3.12. The molecule has 0 aliphatic heterocycles. The van der Waals surface area contributed by atoms with Crippen molar-refractivity contribution in [3.05, 3.63) is 82.5 Å². The first kappa shape index (κ1) is 16.8. The lowest BCUT2D eigenvalue weighted by Crippen LogP contribution is -2.13. The van der Waals surface area contributed by atoms with Crippen LogP contribution in [0.1, 0.15) is 10.4 Å². The Kier molecular flexibility index (Phi) is 4.31. The number of para-hydroxylation sites is 1. The summed E-state index contributed by atoms with van der Waals surface area (Å²) in [5, 5.41) is 14.2. The zero-order valence-corrected chi connectivity index (χ0v) is 14.6. The number of thiazole rings is 1. The van der Waals surface area contributed by atoms with Crippen LogP contribution in [0.25, 0.3) is 20.9 Å². The van der Waals surface area contributed by atoms with E-state index in [1.165, 1.54) is 29.5 Å². The Hall–Kier alpha value is -3.65. The highest BCUT2D eigenvalue weighted by Gasteiger charge is 2.18. The Morgan fingerprint density at radius 3 is 2.74 bits per heavy atom. The van der Waals surface area contributed by atoms with E-state index in [1.54, 1.807) is 24.4 Å². The van der Waals surface area contributed by atoms with Crippen LogP contribution < -0.4 is 5.32 Å². The number of amides is 1. The summed E-state index contributed by atoms with van der Waals surface area (Å²) in [4.78, 5) is 32.1. The number of fused-ring (bicyclic) bond motifs is 1. The molecule has 0 aliphatic carbocycles. The van der Waals surface area contributed by atoms with Crippen molar-refractivity contribution in [3.63, 3.8) is 0 Å². The molecule has 1 N–H and O–H groups in total. The molecule has 0 unspecified atom stereocenters. The normalized spacial score (nSPS) is 10.7. The van der Waals surface area contributed by atoms with Crippen LogP contribution >= 0.6 is 11.3 Å². The van der Waals surface area contributed by atoms with E-state index in [0.29, 0.717) is 22.0 Å². The predicted octanol–water partition coefficient (Wildman–Crippen LogP) is 4.52. The van der Waals surface area contributed by atoms with Crippen LogP contribution in [0.2, 0.25) is 0 Å². The number of hydrogen-bond acceptors (Lipinski definition) is 6. The van der Waals surface area contributed by atoms with Crippen molar-refractivity contribution in [2.24, 2.45) is 0 Å². The Morgan fingerprint density at radius 1 is 1.07 bits per heavy atom. The second-order valence-corrected chi connectivity index (χ2v) is 6.68. The van der Waals surface area contributed by atoms with Gasteiger partial charge in [0.05, 0.1) is 20.7 Å². The van der Waals surface area contributed by atoms with Gasteiger partial charge in [-0.15, -0.1) is 11.3 Å². The van der Waals surface area contributed by atoms with Gasteiger partial charge in [0.15, 0.2) is 0 Å². The van der Waals surface area contributed by atoms with E-state index in [1.807, 2.05) is 24.3 Å². The molecule has 7 nitrogen and oxygen atoms in total. The molecule has 4 rings (SSSR count). The Bertz CT molecular complexity index is 1140. The van der Waals surface area contributed by atoms with Gasteiger partial charge in [0.2, 0.25) is 0 Å². The fourth-order valence-corrected chi connectivity index (χ4v) is 3.60. The number of pyridine rings is 1. The second kappa shape index (κ2) is 6.93. The minimum absolute atomic E-state index is 0.0922. The van der Waals surface area contributed by atoms with Gasteiger partial charge >= 0.3 is 0 Å². The third-order valence-electron chi connectivity index (χ3n) is 3.86. The molecule has 2 aromatic carbocycles. The molecule has 8 heteroatoms. The van der Waals surface area contributed by atoms with Crippen molar-refractivity contribution < 1.29 is 9.72 Å². The standard InChI is InChI=1S/C19H12N4O3S/c24-18(21-12-5-3-6-13(11-12)23(25)26)14-7-4-10-20-17(14)19-22-15-8-1-2-9-16(15)27-19/h1-11H,(H,21,24). The van der Waals surface area contributed by atoms with Crippen molar-refractivity contribution >= 4 is 38.8 Å². The molecule has 0 spiro atoms. The van der Waals surface area contributed by atoms with Crippen LogP contribution in [0, 0.1) is 10.1 Å². The molecular weight excluding hydrogens is 364 g/mol. The van der Waals surface area contributed by atoms with Gasteiger partial charge in [-0.1, -0.05) is 18.2 Å². The molecule has 2 heterocycles. The molecule has 0 aliphatic rings. The van der Waals surface area contributed by atoms with Crippen molar-refractivity contribution in [2.45, 2.75) is 0 Å². The van der Waals surface area contributed by atoms with Gasteiger partial charge in [-0.2, -0.15) is 0 Å². The SMILES string of the molecule is O=C(Nc1cccc([N+](=O)[O-])c1)c1cccnc1-c1nc2ccccc2s1. The van der Waals surface area contributed by atoms with Gasteiger partial charge in [0, 0.05) is 24.0 Å². The first-order valence-electron chi connectivity index (χ1n) is 7.98. The number of nitrogens with one attached hydrogen (secondary N) is 1. The maximum Gasteiger partial charge on any atom is 0.271 e. The molecule has 0 fully saturated rings. The fourth-order valence-electron chi connectivity index (χ4n) is 2.63. The zero-order chi connectivity index (χ0) is 18.8. The number of nitro groups is 1. The molecule has 0 atom stereocenters. The maximum atomic E-state index is 12.8. The van der Waals surface area contributed by atoms with Gasteiger partial charge in [-0.05, 0) is 30.3 Å². The summed E-state index contributed by atoms with van der Waals surface area (Å²) in [6, 6.07) is 16.8. The van der Waals surface area contributed by atoms with Gasteiger partial charge in [0.25, 0.3) is 11.6 Å². The van der Waals surface area contributed by atoms with Crippen LogP contribution in [0.5, 0.6) is 0 Å². The molecule has 0 saturated carbocycles. The maximum absolute atomic E-state index is 12.8. The van der Waals surface area contributed by atoms with Gasteiger partial charge in [-0.3, -0.25) is 19.9 Å². The van der Waals surface area contributed by atoms with Crippen molar-refractivity contribution in [3.8, 4) is 10.7 Å². The Labute approximate surface area is 157 Å². The van der Waals surface area contributed by atoms with Gasteiger partial charge in [0.1, 0.15) is 10.7 Å². The average molecular weight is 376 g/mol. The van der Waals surface area contributed by atoms with E-state index in [0.717, 1.165) is 10.2 Å². The first-order valence-corrected chi connectivity index (χ1v) is 8.80. The number of hydrogen-bond donors (Lipinski definition) is 1. The summed E-state index contributed by atoms with van der Waals surface area (Å²) in [7, 11) is 0. The zero-order valence-electron chi connectivity index (χ0n) is 13.8. The lowest BCUT2D eigenvalue weighted by atomic mass is 10.1. The monoisotopic (exact) mass is 376 g/mol. The van der Waals surface area contributed by atoms with E-state index in [-0.39, 0.29) is 5.69 Å². The number of aromatic nitrogens is 2. The highest BCUT2D eigenvalue weighted by atomic mass is 32.1. The number of nitrogens with zero attached hydrogens (tertiary/aromatic N) is 3. The van der Waals surface area contributed by atoms with Crippen LogP contribution in [0.4, 0.5) is 11.4 Å². The Balaban J connectivity index is 1.69. The Morgan fingerprint density at radius 2 is 1.93 bits per heavy atom. The lowest BCUT2D eigenvalue weighted by Gasteiger charge is -2.07. The van der Waals surface area contributed by atoms with E-state index in [2.05, 4.69) is 15.3 Å². The highest BCUT2D eigenvalue weighted by Crippen LogP contribution is 2.31. The van der Waals surface area contributed by atoms with Crippen LogP contribution in [0.15, 0.2) is 66.9 Å². The molecule has 4 aromatic rings. The largest absolute Gasteiger partial charge is 0.322 e. The number of carbonyl (C=O) groups is 1. The summed E-state index contributed by atoms with van der Waals surface area (Å²) in [5.74, 6) is -0.405. The van der Waals surface area contributed by atoms with Crippen LogP contribution in [-0.4, -0.2) is 20.8 Å². The molecule has 0 radical (unpaired) electrons. The van der Waals surface area contributed by atoms with Crippen molar-refractivity contribution in [1.29, 1.82) is 0 Å². The minimum Gasteiger partial charge on any atom is -0.322 e. The number of carbonyl (C=O) groups excluding carboxylic acids is 1. The topological polar surface area (TPSA) is 98.0 Å². The fraction of sp³-hybridized carbons (Fsp3) is 0. The summed E-state index contributed by atoms with van der Waals surface area (Å²) in [6.07, 6.45) is 1.60. The van der Waals surface area contributed by atoms with E-state index >= 15 is 0 Å². The predicted molar refractivity (Wildman–Crippen MR) is 104 cm³/mol. The molecule has 132 valence electrons. The molecule has 0 bridgehead atoms. The number of benzene rings is 2.